The number of thiazole rings is 1. The fourth-order valence-corrected chi connectivity index (χ4v) is 4.66. The van der Waals surface area contributed by atoms with Crippen molar-refractivity contribution in [2.45, 2.75) is 25.3 Å². The zero-order valence-corrected chi connectivity index (χ0v) is 20.4. The molecule has 0 radical (unpaired) electrons. The van der Waals surface area contributed by atoms with E-state index in [1.165, 1.54) is 0 Å². The minimum Gasteiger partial charge on any atom is -0.337 e. The summed E-state index contributed by atoms with van der Waals surface area (Å²) in [5, 5.41) is 0.406. The molecule has 4 aromatic rings. The number of aryl methyl sites for hydroxylation is 1. The smallest absolute Gasteiger partial charge is 0.337 e. The molecule has 0 fully saturated rings. The molecule has 1 amide bonds. The molecular formula is C22H16Cl2F6N4OS. The maximum absolute atomic E-state index is 13.4. The van der Waals surface area contributed by atoms with Crippen molar-refractivity contribution in [3.8, 4) is 0 Å². The molecule has 192 valence electrons. The van der Waals surface area contributed by atoms with Gasteiger partial charge in [-0.25, -0.2) is 9.97 Å². The second kappa shape index (κ2) is 10.7. The van der Waals surface area contributed by atoms with Gasteiger partial charge in [0.25, 0.3) is 5.91 Å². The van der Waals surface area contributed by atoms with Crippen LogP contribution in [0.3, 0.4) is 0 Å². The lowest BCUT2D eigenvalue weighted by atomic mass is 10.0. The molecule has 0 aliphatic heterocycles. The third-order valence-electron chi connectivity index (χ3n) is 5.03. The van der Waals surface area contributed by atoms with E-state index in [9.17, 15) is 31.1 Å². The van der Waals surface area contributed by atoms with Gasteiger partial charge in [0.2, 0.25) is 0 Å². The predicted molar refractivity (Wildman–Crippen MR) is 127 cm³/mol. The van der Waals surface area contributed by atoms with Gasteiger partial charge in [0.05, 0.1) is 27.2 Å². The molecule has 2 aromatic heterocycles. The van der Waals surface area contributed by atoms with Gasteiger partial charge in [-0.1, -0.05) is 29.0 Å². The van der Waals surface area contributed by atoms with Gasteiger partial charge in [-0.2, -0.15) is 26.3 Å². The van der Waals surface area contributed by atoms with E-state index in [4.69, 9.17) is 11.6 Å². The predicted octanol–water partition coefficient (Wildman–Crippen LogP) is 7.34. The molecule has 36 heavy (non-hydrogen) atoms. The number of carbonyl (C=O) groups excluding carboxylic acids is 1. The van der Waals surface area contributed by atoms with Crippen LogP contribution in [0.1, 0.15) is 27.9 Å². The molecule has 0 aliphatic carbocycles. The number of carbonyl (C=O) groups is 1. The minimum absolute atomic E-state index is 0. The van der Waals surface area contributed by atoms with Crippen LogP contribution in [0.2, 0.25) is 5.02 Å². The fourth-order valence-electron chi connectivity index (χ4n) is 3.37. The zero-order chi connectivity index (χ0) is 25.4. The van der Waals surface area contributed by atoms with Crippen molar-refractivity contribution in [1.29, 1.82) is 0 Å². The largest absolute Gasteiger partial charge is 0.416 e. The highest BCUT2D eigenvalue weighted by molar-refractivity contribution is 7.22. The van der Waals surface area contributed by atoms with Gasteiger partial charge in [-0.3, -0.25) is 9.69 Å². The van der Waals surface area contributed by atoms with Crippen LogP contribution in [0.5, 0.6) is 0 Å². The van der Waals surface area contributed by atoms with Crippen molar-refractivity contribution < 1.29 is 31.1 Å². The average molecular weight is 569 g/mol. The number of imidazole rings is 1. The van der Waals surface area contributed by atoms with Crippen molar-refractivity contribution in [3.05, 3.63) is 76.8 Å². The maximum atomic E-state index is 13.4. The van der Waals surface area contributed by atoms with Crippen LogP contribution in [0.25, 0.3) is 10.2 Å². The molecule has 2 aromatic carbocycles. The number of hydrogen-bond acceptors (Lipinski definition) is 4. The van der Waals surface area contributed by atoms with E-state index in [0.29, 0.717) is 40.3 Å². The molecule has 0 N–H and O–H groups in total. The highest BCUT2D eigenvalue weighted by Gasteiger charge is 2.38. The van der Waals surface area contributed by atoms with Crippen LogP contribution >= 0.6 is 35.3 Å². The van der Waals surface area contributed by atoms with E-state index in [2.05, 4.69) is 9.97 Å². The molecule has 0 spiro atoms. The number of amides is 1. The molecule has 0 bridgehead atoms. The van der Waals surface area contributed by atoms with E-state index >= 15 is 0 Å². The lowest BCUT2D eigenvalue weighted by Gasteiger charge is -2.21. The van der Waals surface area contributed by atoms with Gasteiger partial charge in [0, 0.05) is 31.0 Å². The first-order chi connectivity index (χ1) is 16.4. The van der Waals surface area contributed by atoms with E-state index in [0.717, 1.165) is 16.2 Å². The molecule has 5 nitrogen and oxygen atoms in total. The standard InChI is InChI=1S/C22H15ClF6N4OS.ClH/c23-16-3-1-4-17-18(16)31-20(35-17)33(7-2-6-32-8-5-30-12-32)19(34)13-9-14(21(24,25)26)11-15(10-13)22(27,28)29;/h1,3-5,8-12H,2,6-7H2;1H. The summed E-state index contributed by atoms with van der Waals surface area (Å²) in [6.45, 7) is 0.387. The summed E-state index contributed by atoms with van der Waals surface area (Å²) < 4.78 is 82.4. The lowest BCUT2D eigenvalue weighted by molar-refractivity contribution is -0.143. The van der Waals surface area contributed by atoms with Crippen molar-refractivity contribution in [1.82, 2.24) is 14.5 Å². The Morgan fingerprint density at radius 1 is 1.06 bits per heavy atom. The van der Waals surface area contributed by atoms with Crippen LogP contribution in [-0.4, -0.2) is 27.0 Å². The van der Waals surface area contributed by atoms with Gasteiger partial charge >= 0.3 is 12.4 Å². The second-order valence-corrected chi connectivity index (χ2v) is 8.90. The summed E-state index contributed by atoms with van der Waals surface area (Å²) in [6.07, 6.45) is -5.04. The summed E-state index contributed by atoms with van der Waals surface area (Å²) in [4.78, 5) is 22.7. The molecular weight excluding hydrogens is 553 g/mol. The highest BCUT2D eigenvalue weighted by atomic mass is 35.5. The second-order valence-electron chi connectivity index (χ2n) is 7.49. The van der Waals surface area contributed by atoms with Gasteiger partial charge in [0.15, 0.2) is 5.13 Å². The van der Waals surface area contributed by atoms with E-state index in [1.807, 2.05) is 0 Å². The number of anilines is 1. The molecule has 4 rings (SSSR count). The SMILES string of the molecule is Cl.O=C(c1cc(C(F)(F)F)cc(C(F)(F)F)c1)N(CCCn1ccnc1)c1nc2c(Cl)cccc2s1. The number of benzene rings is 2. The Labute approximate surface area is 215 Å². The van der Waals surface area contributed by atoms with Gasteiger partial charge in [-0.05, 0) is 36.8 Å². The third-order valence-corrected chi connectivity index (χ3v) is 6.37. The van der Waals surface area contributed by atoms with Gasteiger partial charge in [0.1, 0.15) is 5.52 Å². The summed E-state index contributed by atoms with van der Waals surface area (Å²) >= 11 is 7.22. The van der Waals surface area contributed by atoms with E-state index in [-0.39, 0.29) is 30.1 Å². The van der Waals surface area contributed by atoms with Crippen molar-refractivity contribution >= 4 is 56.6 Å². The minimum atomic E-state index is -5.08. The molecule has 0 atom stereocenters. The summed E-state index contributed by atoms with van der Waals surface area (Å²) in [6, 6.07) is 5.77. The van der Waals surface area contributed by atoms with Crippen LogP contribution in [0.4, 0.5) is 31.5 Å². The monoisotopic (exact) mass is 568 g/mol. The number of rotatable bonds is 6. The summed E-state index contributed by atoms with van der Waals surface area (Å²) in [7, 11) is 0. The zero-order valence-electron chi connectivity index (χ0n) is 18.0. The lowest BCUT2D eigenvalue weighted by Crippen LogP contribution is -2.33. The number of halogens is 8. The Morgan fingerprint density at radius 3 is 2.28 bits per heavy atom. The molecule has 0 saturated carbocycles. The Kier molecular flexibility index (Phi) is 8.21. The Hall–Kier alpha value is -2.83. The Bertz CT molecular complexity index is 1320. The first-order valence-corrected chi connectivity index (χ1v) is 11.2. The van der Waals surface area contributed by atoms with E-state index < -0.39 is 35.0 Å². The third kappa shape index (κ3) is 6.11. The van der Waals surface area contributed by atoms with E-state index in [1.54, 1.807) is 41.5 Å². The highest BCUT2D eigenvalue weighted by Crippen LogP contribution is 2.38. The van der Waals surface area contributed by atoms with Crippen LogP contribution in [-0.2, 0) is 18.9 Å². The van der Waals surface area contributed by atoms with Crippen LogP contribution in [0, 0.1) is 0 Å². The number of alkyl halides is 6. The van der Waals surface area contributed by atoms with Gasteiger partial charge in [-0.15, -0.1) is 12.4 Å². The van der Waals surface area contributed by atoms with Gasteiger partial charge < -0.3 is 4.57 Å². The molecule has 0 saturated heterocycles. The van der Waals surface area contributed by atoms with Crippen LogP contribution in [0.15, 0.2) is 55.1 Å². The number of nitrogens with zero attached hydrogens (tertiary/aromatic N) is 4. The molecule has 0 unspecified atom stereocenters. The summed E-state index contributed by atoms with van der Waals surface area (Å²) in [5.74, 6) is -1.04. The topological polar surface area (TPSA) is 51.0 Å². The Morgan fingerprint density at radius 2 is 1.72 bits per heavy atom. The number of aromatic nitrogens is 3. The molecule has 14 heteroatoms. The average Bonchev–Trinajstić information content (AvgIpc) is 3.45. The van der Waals surface area contributed by atoms with Crippen LogP contribution < -0.4 is 4.90 Å². The fraction of sp³-hybridized carbons (Fsp3) is 0.227. The normalized spacial score (nSPS) is 12.0. The molecule has 0 aliphatic rings. The maximum Gasteiger partial charge on any atom is 0.416 e. The summed E-state index contributed by atoms with van der Waals surface area (Å²) in [5.41, 5.74) is -3.51. The quantitative estimate of drug-likeness (QED) is 0.229. The van der Waals surface area contributed by atoms with Crippen molar-refractivity contribution in [2.75, 3.05) is 11.4 Å². The van der Waals surface area contributed by atoms with Crippen molar-refractivity contribution in [2.24, 2.45) is 0 Å². The van der Waals surface area contributed by atoms with Crippen molar-refractivity contribution in [3.63, 3.8) is 0 Å². The number of para-hydroxylation sites is 1. The Balaban J connectivity index is 0.00000361. The first-order valence-electron chi connectivity index (χ1n) is 10.1. The molecule has 2 heterocycles. The first kappa shape index (κ1) is 27.8. The number of hydrogen-bond donors (Lipinski definition) is 0. The number of fused-ring (bicyclic) bond motifs is 1.